The van der Waals surface area contributed by atoms with Crippen LogP contribution in [0.1, 0.15) is 18.4 Å². The molecule has 3 rings (SSSR count). The number of rotatable bonds is 5. The highest BCUT2D eigenvalue weighted by molar-refractivity contribution is 5.89. The van der Waals surface area contributed by atoms with Gasteiger partial charge in [0.1, 0.15) is 5.75 Å². The van der Waals surface area contributed by atoms with E-state index in [2.05, 4.69) is 15.4 Å². The summed E-state index contributed by atoms with van der Waals surface area (Å²) in [6.07, 6.45) is -2.70. The SMILES string of the molecule is O=C(NCC1(c2ccccc2)CC1)Nc1ccc(OC(F)(F)F)cc1. The van der Waals surface area contributed by atoms with E-state index >= 15 is 0 Å². The van der Waals surface area contributed by atoms with E-state index in [-0.39, 0.29) is 11.2 Å². The average Bonchev–Trinajstić information content (AvgIpc) is 3.36. The van der Waals surface area contributed by atoms with Gasteiger partial charge in [-0.05, 0) is 42.7 Å². The maximum atomic E-state index is 12.1. The molecule has 0 spiro atoms. The van der Waals surface area contributed by atoms with Crippen molar-refractivity contribution in [2.75, 3.05) is 11.9 Å². The first-order valence-corrected chi connectivity index (χ1v) is 7.83. The molecule has 4 nitrogen and oxygen atoms in total. The van der Waals surface area contributed by atoms with Gasteiger partial charge >= 0.3 is 12.4 Å². The van der Waals surface area contributed by atoms with E-state index in [1.54, 1.807) is 0 Å². The molecule has 25 heavy (non-hydrogen) atoms. The number of carbonyl (C=O) groups excluding carboxylic acids is 1. The van der Waals surface area contributed by atoms with Gasteiger partial charge in [0.25, 0.3) is 0 Å². The number of ether oxygens (including phenoxy) is 1. The number of benzene rings is 2. The molecule has 2 N–H and O–H groups in total. The first-order valence-electron chi connectivity index (χ1n) is 7.83. The van der Waals surface area contributed by atoms with E-state index in [4.69, 9.17) is 0 Å². The van der Waals surface area contributed by atoms with Crippen LogP contribution >= 0.6 is 0 Å². The number of carbonyl (C=O) groups is 1. The molecule has 0 bridgehead atoms. The Balaban J connectivity index is 1.51. The molecule has 0 saturated heterocycles. The third kappa shape index (κ3) is 4.65. The third-order valence-electron chi connectivity index (χ3n) is 4.17. The number of anilines is 1. The summed E-state index contributed by atoms with van der Waals surface area (Å²) in [6.45, 7) is 0.512. The highest BCUT2D eigenvalue weighted by atomic mass is 19.4. The molecule has 1 aliphatic rings. The summed E-state index contributed by atoms with van der Waals surface area (Å²) < 4.78 is 40.1. The lowest BCUT2D eigenvalue weighted by atomic mass is 9.96. The molecule has 1 aliphatic carbocycles. The van der Waals surface area contributed by atoms with Gasteiger partial charge in [0.2, 0.25) is 0 Å². The minimum absolute atomic E-state index is 0.0109. The van der Waals surface area contributed by atoms with Crippen molar-refractivity contribution in [2.45, 2.75) is 24.6 Å². The van der Waals surface area contributed by atoms with Crippen molar-refractivity contribution in [3.05, 3.63) is 60.2 Å². The lowest BCUT2D eigenvalue weighted by Gasteiger charge is -2.17. The van der Waals surface area contributed by atoms with Crippen LogP contribution in [0, 0.1) is 0 Å². The lowest BCUT2D eigenvalue weighted by molar-refractivity contribution is -0.274. The van der Waals surface area contributed by atoms with Gasteiger partial charge in [0.05, 0.1) is 0 Å². The van der Waals surface area contributed by atoms with Crippen LogP contribution in [0.4, 0.5) is 23.7 Å². The Kier molecular flexibility index (Phi) is 4.57. The maximum Gasteiger partial charge on any atom is 0.573 e. The van der Waals surface area contributed by atoms with Crippen molar-refractivity contribution in [1.82, 2.24) is 5.32 Å². The molecule has 0 aromatic heterocycles. The van der Waals surface area contributed by atoms with Crippen LogP contribution in [-0.4, -0.2) is 18.9 Å². The molecule has 0 unspecified atom stereocenters. The topological polar surface area (TPSA) is 50.4 Å². The Morgan fingerprint density at radius 3 is 2.24 bits per heavy atom. The van der Waals surface area contributed by atoms with E-state index < -0.39 is 12.4 Å². The quantitative estimate of drug-likeness (QED) is 0.838. The second kappa shape index (κ2) is 6.66. The maximum absolute atomic E-state index is 12.1. The Morgan fingerprint density at radius 2 is 1.68 bits per heavy atom. The first-order chi connectivity index (χ1) is 11.9. The van der Waals surface area contributed by atoms with Crippen LogP contribution in [0.5, 0.6) is 5.75 Å². The second-order valence-electron chi connectivity index (χ2n) is 6.03. The molecule has 1 fully saturated rings. The van der Waals surface area contributed by atoms with Crippen molar-refractivity contribution in [3.63, 3.8) is 0 Å². The van der Waals surface area contributed by atoms with Crippen molar-refractivity contribution >= 4 is 11.7 Å². The number of hydrogen-bond acceptors (Lipinski definition) is 2. The number of halogens is 3. The smallest absolute Gasteiger partial charge is 0.406 e. The Bertz CT molecular complexity index is 726. The van der Waals surface area contributed by atoms with Crippen LogP contribution in [0.3, 0.4) is 0 Å². The van der Waals surface area contributed by atoms with Crippen LogP contribution in [0.15, 0.2) is 54.6 Å². The van der Waals surface area contributed by atoms with Gasteiger partial charge in [0, 0.05) is 17.6 Å². The molecular weight excluding hydrogens is 333 g/mol. The molecule has 2 aromatic carbocycles. The van der Waals surface area contributed by atoms with Crippen LogP contribution < -0.4 is 15.4 Å². The second-order valence-corrected chi connectivity index (χ2v) is 6.03. The highest BCUT2D eigenvalue weighted by Crippen LogP contribution is 2.47. The zero-order chi connectivity index (χ0) is 17.9. The fourth-order valence-corrected chi connectivity index (χ4v) is 2.67. The van der Waals surface area contributed by atoms with Gasteiger partial charge in [-0.15, -0.1) is 13.2 Å². The Morgan fingerprint density at radius 1 is 1.04 bits per heavy atom. The molecule has 0 heterocycles. The summed E-state index contributed by atoms with van der Waals surface area (Å²) in [5.41, 5.74) is 1.57. The first kappa shape index (κ1) is 17.1. The molecule has 2 amide bonds. The third-order valence-corrected chi connectivity index (χ3v) is 4.17. The number of hydrogen-bond donors (Lipinski definition) is 2. The summed E-state index contributed by atoms with van der Waals surface area (Å²) in [5.74, 6) is -0.334. The summed E-state index contributed by atoms with van der Waals surface area (Å²) in [5, 5.41) is 5.42. The summed E-state index contributed by atoms with van der Waals surface area (Å²) >= 11 is 0. The zero-order valence-corrected chi connectivity index (χ0v) is 13.3. The lowest BCUT2D eigenvalue weighted by Crippen LogP contribution is -2.35. The van der Waals surface area contributed by atoms with E-state index in [9.17, 15) is 18.0 Å². The van der Waals surface area contributed by atoms with Crippen molar-refractivity contribution in [3.8, 4) is 5.75 Å². The van der Waals surface area contributed by atoms with Gasteiger partial charge in [-0.1, -0.05) is 30.3 Å². The summed E-state index contributed by atoms with van der Waals surface area (Å²) in [7, 11) is 0. The van der Waals surface area contributed by atoms with Gasteiger partial charge < -0.3 is 15.4 Å². The molecular formula is C18H17F3N2O2. The van der Waals surface area contributed by atoms with Crippen LogP contribution in [0.25, 0.3) is 0 Å². The molecule has 2 aromatic rings. The Labute approximate surface area is 143 Å². The van der Waals surface area contributed by atoms with E-state index in [1.807, 2.05) is 30.3 Å². The van der Waals surface area contributed by atoms with Gasteiger partial charge in [0.15, 0.2) is 0 Å². The van der Waals surface area contributed by atoms with Gasteiger partial charge in [-0.25, -0.2) is 4.79 Å². The van der Waals surface area contributed by atoms with Gasteiger partial charge in [-0.3, -0.25) is 0 Å². The van der Waals surface area contributed by atoms with Gasteiger partial charge in [-0.2, -0.15) is 0 Å². The van der Waals surface area contributed by atoms with Crippen LogP contribution in [0.2, 0.25) is 0 Å². The monoisotopic (exact) mass is 350 g/mol. The van der Waals surface area contributed by atoms with Crippen molar-refractivity contribution in [1.29, 1.82) is 0 Å². The molecule has 7 heteroatoms. The minimum Gasteiger partial charge on any atom is -0.406 e. The molecule has 132 valence electrons. The molecule has 0 atom stereocenters. The minimum atomic E-state index is -4.73. The average molecular weight is 350 g/mol. The van der Waals surface area contributed by atoms with Crippen molar-refractivity contribution < 1.29 is 22.7 Å². The molecule has 0 radical (unpaired) electrons. The predicted octanol–water partition coefficient (Wildman–Crippen LogP) is 4.44. The molecule has 1 saturated carbocycles. The van der Waals surface area contributed by atoms with Crippen LogP contribution in [-0.2, 0) is 5.41 Å². The zero-order valence-electron chi connectivity index (χ0n) is 13.3. The normalized spacial score (nSPS) is 15.3. The number of alkyl halides is 3. The van der Waals surface area contributed by atoms with E-state index in [0.29, 0.717) is 12.2 Å². The van der Waals surface area contributed by atoms with E-state index in [0.717, 1.165) is 25.0 Å². The number of nitrogens with one attached hydrogen (secondary N) is 2. The molecule has 0 aliphatic heterocycles. The largest absolute Gasteiger partial charge is 0.573 e. The number of amides is 2. The highest BCUT2D eigenvalue weighted by Gasteiger charge is 2.44. The standard InChI is InChI=1S/C18H17F3N2O2/c19-18(20,21)25-15-8-6-14(7-9-15)23-16(24)22-12-17(10-11-17)13-4-2-1-3-5-13/h1-9H,10-12H2,(H2,22,23,24). The van der Waals surface area contributed by atoms with Crippen molar-refractivity contribution in [2.24, 2.45) is 0 Å². The predicted molar refractivity (Wildman–Crippen MR) is 87.5 cm³/mol. The summed E-state index contributed by atoms with van der Waals surface area (Å²) in [4.78, 5) is 12.0. The number of urea groups is 1. The van der Waals surface area contributed by atoms with E-state index in [1.165, 1.54) is 17.7 Å². The Hall–Kier alpha value is -2.70. The summed E-state index contributed by atoms with van der Waals surface area (Å²) in [6, 6.07) is 14.6. The fourth-order valence-electron chi connectivity index (χ4n) is 2.67. The fraction of sp³-hybridized carbons (Fsp3) is 0.278.